The molecule has 4 rings (SSSR count). The lowest BCUT2D eigenvalue weighted by Gasteiger charge is -2.20. The molecule has 3 aliphatic rings. The zero-order valence-electron chi connectivity index (χ0n) is 12.1. The van der Waals surface area contributed by atoms with Crippen molar-refractivity contribution in [2.45, 2.75) is 0 Å². The topological polar surface area (TPSA) is 19.1 Å². The minimum atomic E-state index is 1.08. The summed E-state index contributed by atoms with van der Waals surface area (Å²) in [6, 6.07) is 14.9. The Balaban J connectivity index is 1.98. The Labute approximate surface area is 128 Å². The summed E-state index contributed by atoms with van der Waals surface area (Å²) in [7, 11) is 2.19. The molecule has 1 fully saturated rings. The van der Waals surface area contributed by atoms with Gasteiger partial charge >= 0.3 is 0 Å². The highest BCUT2D eigenvalue weighted by atomic mass is 32.1. The van der Waals surface area contributed by atoms with Crippen molar-refractivity contribution in [3.8, 4) is 10.6 Å². The summed E-state index contributed by atoms with van der Waals surface area (Å²) in [4.78, 5) is 8.58. The van der Waals surface area contributed by atoms with E-state index >= 15 is 0 Å². The number of hydrogen-bond acceptors (Lipinski definition) is 3. The molecule has 106 valence electrons. The number of para-hydroxylation sites is 2. The first-order valence-corrected chi connectivity index (χ1v) is 8.18. The SMILES string of the molecule is CN1CC[N+](=c2cccc3sc4ccccc4nc2-3)CC1. The Morgan fingerprint density at radius 3 is 2.71 bits per heavy atom. The monoisotopic (exact) mass is 296 g/mol. The minimum absolute atomic E-state index is 1.08. The molecule has 0 bridgehead atoms. The first kappa shape index (κ1) is 12.9. The zero-order valence-corrected chi connectivity index (χ0v) is 12.9. The number of piperazine rings is 1. The average Bonchev–Trinajstić information content (AvgIpc) is 2.53. The van der Waals surface area contributed by atoms with Crippen molar-refractivity contribution in [2.75, 3.05) is 33.2 Å². The first-order chi connectivity index (χ1) is 10.3. The highest BCUT2D eigenvalue weighted by Crippen LogP contribution is 2.27. The van der Waals surface area contributed by atoms with Gasteiger partial charge in [-0.1, -0.05) is 18.2 Å². The van der Waals surface area contributed by atoms with Crippen molar-refractivity contribution >= 4 is 21.6 Å². The van der Waals surface area contributed by atoms with Crippen molar-refractivity contribution in [3.63, 3.8) is 0 Å². The second kappa shape index (κ2) is 5.20. The summed E-state index contributed by atoms with van der Waals surface area (Å²) in [5, 5.41) is 1.28. The van der Waals surface area contributed by atoms with Crippen LogP contribution < -0.4 is 9.93 Å². The van der Waals surface area contributed by atoms with E-state index in [2.05, 4.69) is 59.0 Å². The van der Waals surface area contributed by atoms with E-state index in [0.29, 0.717) is 0 Å². The van der Waals surface area contributed by atoms with Gasteiger partial charge in [0.25, 0.3) is 0 Å². The van der Waals surface area contributed by atoms with E-state index in [1.54, 1.807) is 0 Å². The Morgan fingerprint density at radius 1 is 1.05 bits per heavy atom. The van der Waals surface area contributed by atoms with Gasteiger partial charge in [-0.05, 0) is 25.2 Å². The van der Waals surface area contributed by atoms with Gasteiger partial charge < -0.3 is 0 Å². The number of fused-ring (bicyclic) bond motifs is 2. The molecule has 0 aromatic heterocycles. The van der Waals surface area contributed by atoms with Crippen LogP contribution in [0.4, 0.5) is 0 Å². The summed E-state index contributed by atoms with van der Waals surface area (Å²) in [6.07, 6.45) is 0. The molecule has 2 aliphatic heterocycles. The van der Waals surface area contributed by atoms with Crippen molar-refractivity contribution in [2.24, 2.45) is 0 Å². The molecule has 2 heterocycles. The molecule has 0 radical (unpaired) electrons. The fraction of sp³-hybridized carbons (Fsp3) is 0.294. The summed E-state index contributed by atoms with van der Waals surface area (Å²) in [5.74, 6) is 0. The highest BCUT2D eigenvalue weighted by molar-refractivity contribution is 7.21. The number of likely N-dealkylation sites (N-methyl/N-ethyl adjacent to an activating group) is 1. The highest BCUT2D eigenvalue weighted by Gasteiger charge is 2.19. The largest absolute Gasteiger partial charge is 0.294 e. The maximum atomic E-state index is 4.93. The lowest BCUT2D eigenvalue weighted by Crippen LogP contribution is -2.46. The van der Waals surface area contributed by atoms with Crippen LogP contribution in [0.15, 0.2) is 42.5 Å². The smallest absolute Gasteiger partial charge is 0.227 e. The standard InChI is InChI=1S/C17H18N3S/c1-19-9-11-20(12-10-19)14-6-4-8-16-17(14)18-13-5-2-3-7-15(13)21-16/h2-8H,9-12H2,1H3/q+1. The number of nitrogens with zero attached hydrogens (tertiary/aromatic N) is 3. The third-order valence-electron chi connectivity index (χ3n) is 4.14. The molecule has 3 nitrogen and oxygen atoms in total. The molecule has 4 heteroatoms. The Morgan fingerprint density at radius 2 is 1.86 bits per heavy atom. The second-order valence-corrected chi connectivity index (χ2v) is 6.68. The molecular weight excluding hydrogens is 278 g/mol. The fourth-order valence-corrected chi connectivity index (χ4v) is 3.88. The average molecular weight is 296 g/mol. The lowest BCUT2D eigenvalue weighted by molar-refractivity contribution is 0.267. The van der Waals surface area contributed by atoms with Gasteiger partial charge in [-0.2, -0.15) is 0 Å². The lowest BCUT2D eigenvalue weighted by atomic mass is 10.2. The predicted molar refractivity (Wildman–Crippen MR) is 88.7 cm³/mol. The van der Waals surface area contributed by atoms with Gasteiger partial charge in [-0.25, -0.2) is 9.56 Å². The van der Waals surface area contributed by atoms with Crippen LogP contribution in [-0.4, -0.2) is 43.1 Å². The molecule has 0 spiro atoms. The molecule has 0 unspecified atom stereocenters. The molecular formula is C17H18N3S+. The van der Waals surface area contributed by atoms with E-state index in [1.807, 2.05) is 11.3 Å². The van der Waals surface area contributed by atoms with E-state index < -0.39 is 0 Å². The molecule has 21 heavy (non-hydrogen) atoms. The molecule has 0 amide bonds. The van der Waals surface area contributed by atoms with Gasteiger partial charge in [0.15, 0.2) is 18.8 Å². The van der Waals surface area contributed by atoms with Crippen LogP contribution in [0, 0.1) is 0 Å². The minimum Gasteiger partial charge on any atom is -0.294 e. The second-order valence-electron chi connectivity index (χ2n) is 5.60. The maximum absolute atomic E-state index is 4.93. The van der Waals surface area contributed by atoms with Crippen LogP contribution >= 0.6 is 11.3 Å². The van der Waals surface area contributed by atoms with Crippen LogP contribution in [0.1, 0.15) is 0 Å². The fourth-order valence-electron chi connectivity index (χ4n) is 2.88. The maximum Gasteiger partial charge on any atom is 0.227 e. The quantitative estimate of drug-likeness (QED) is 0.467. The number of hydrogen-bond donors (Lipinski definition) is 0. The Kier molecular flexibility index (Phi) is 3.20. The van der Waals surface area contributed by atoms with Crippen LogP contribution in [-0.2, 0) is 0 Å². The normalized spacial score (nSPS) is 16.7. The van der Waals surface area contributed by atoms with E-state index in [9.17, 15) is 0 Å². The van der Waals surface area contributed by atoms with Crippen molar-refractivity contribution in [3.05, 3.63) is 47.8 Å². The first-order valence-electron chi connectivity index (χ1n) is 7.36. The van der Waals surface area contributed by atoms with E-state index in [4.69, 9.17) is 4.98 Å². The summed E-state index contributed by atoms with van der Waals surface area (Å²) >= 11 is 1.83. The van der Waals surface area contributed by atoms with Gasteiger partial charge in [0.1, 0.15) is 0 Å². The number of aromatic nitrogens is 1. The van der Waals surface area contributed by atoms with Gasteiger partial charge in [-0.15, -0.1) is 11.3 Å². The van der Waals surface area contributed by atoms with E-state index in [0.717, 1.165) is 37.4 Å². The molecule has 1 aliphatic carbocycles. The van der Waals surface area contributed by atoms with Crippen LogP contribution in [0.2, 0.25) is 0 Å². The van der Waals surface area contributed by atoms with Gasteiger partial charge in [0.05, 0.1) is 28.2 Å². The Bertz CT molecular complexity index is 827. The van der Waals surface area contributed by atoms with Crippen LogP contribution in [0.25, 0.3) is 20.8 Å². The van der Waals surface area contributed by atoms with Crippen LogP contribution in [0.3, 0.4) is 0 Å². The third kappa shape index (κ3) is 2.34. The third-order valence-corrected chi connectivity index (χ3v) is 5.25. The molecule has 0 N–H and O–H groups in total. The number of benzene rings is 2. The van der Waals surface area contributed by atoms with Crippen molar-refractivity contribution in [1.82, 2.24) is 14.5 Å². The van der Waals surface area contributed by atoms with Crippen molar-refractivity contribution < 1.29 is 0 Å². The molecule has 1 saturated heterocycles. The zero-order chi connectivity index (χ0) is 14.2. The van der Waals surface area contributed by atoms with Gasteiger partial charge in [0.2, 0.25) is 5.36 Å². The predicted octanol–water partition coefficient (Wildman–Crippen LogP) is 2.12. The summed E-state index contributed by atoms with van der Waals surface area (Å²) in [6.45, 7) is 4.39. The summed E-state index contributed by atoms with van der Waals surface area (Å²) in [5.41, 5.74) is 2.24. The molecule has 1 aromatic carbocycles. The molecule has 0 saturated carbocycles. The molecule has 0 atom stereocenters. The summed E-state index contributed by atoms with van der Waals surface area (Å²) < 4.78 is 3.72. The van der Waals surface area contributed by atoms with E-state index in [1.165, 1.54) is 14.9 Å². The van der Waals surface area contributed by atoms with Crippen LogP contribution in [0.5, 0.6) is 0 Å². The molecule has 1 aromatic rings. The van der Waals surface area contributed by atoms with Gasteiger partial charge in [-0.3, -0.25) is 4.90 Å². The number of rotatable bonds is 0. The van der Waals surface area contributed by atoms with Crippen molar-refractivity contribution in [1.29, 1.82) is 0 Å². The van der Waals surface area contributed by atoms with Gasteiger partial charge in [0, 0.05) is 6.07 Å². The van der Waals surface area contributed by atoms with E-state index in [-0.39, 0.29) is 0 Å². The Hall–Kier alpha value is -1.78.